The molecule has 0 spiro atoms. The summed E-state index contributed by atoms with van der Waals surface area (Å²) in [6, 6.07) is 4.66. The highest BCUT2D eigenvalue weighted by molar-refractivity contribution is 6.40. The van der Waals surface area contributed by atoms with E-state index in [-0.39, 0.29) is 58.3 Å². The van der Waals surface area contributed by atoms with Gasteiger partial charge in [-0.15, -0.1) is 12.4 Å². The minimum Gasteiger partial charge on any atom is -0.432 e. The van der Waals surface area contributed by atoms with Gasteiger partial charge in [-0.2, -0.15) is 5.10 Å². The number of piperidine rings is 1. The number of nitrogens with one attached hydrogen (secondary N) is 3. The van der Waals surface area contributed by atoms with Crippen LogP contribution in [0.1, 0.15) is 47.5 Å². The molecule has 0 saturated carbocycles. The van der Waals surface area contributed by atoms with Crippen LogP contribution in [0.15, 0.2) is 24.4 Å². The van der Waals surface area contributed by atoms with Crippen molar-refractivity contribution in [2.24, 2.45) is 0 Å². The van der Waals surface area contributed by atoms with Crippen LogP contribution in [0.2, 0.25) is 10.0 Å². The Hall–Kier alpha value is -2.53. The van der Waals surface area contributed by atoms with E-state index >= 15 is 0 Å². The van der Waals surface area contributed by atoms with Gasteiger partial charge in [-0.1, -0.05) is 29.3 Å². The molecular weight excluding hydrogens is 509 g/mol. The van der Waals surface area contributed by atoms with E-state index < -0.39 is 18.0 Å². The average Bonchev–Trinajstić information content (AvgIpc) is 3.15. The number of rotatable bonds is 7. The SMILES string of the molecule is CC(C)OC(=O)OCn1cc(NC(=O)c2c(Cl)cccc2Cl)c(C(=O)NC2CCNCC2)n1.Cl. The number of halogens is 3. The van der Waals surface area contributed by atoms with Gasteiger partial charge in [-0.25, -0.2) is 9.48 Å². The third-order valence-corrected chi connectivity index (χ3v) is 5.37. The van der Waals surface area contributed by atoms with Gasteiger partial charge in [0.15, 0.2) is 12.4 Å². The maximum absolute atomic E-state index is 12.9. The zero-order chi connectivity index (χ0) is 24.0. The first-order valence-corrected chi connectivity index (χ1v) is 11.2. The van der Waals surface area contributed by atoms with Crippen LogP contribution in [0.3, 0.4) is 0 Å². The second-order valence-electron chi connectivity index (χ2n) is 7.67. The van der Waals surface area contributed by atoms with Crippen LogP contribution in [0.4, 0.5) is 10.5 Å². The Morgan fingerprint density at radius 3 is 2.44 bits per heavy atom. The lowest BCUT2D eigenvalue weighted by molar-refractivity contribution is 0.0132. The van der Waals surface area contributed by atoms with Crippen molar-refractivity contribution in [3.63, 3.8) is 0 Å². The normalized spacial score (nSPS) is 13.7. The Kier molecular flexibility index (Phi) is 10.4. The smallest absolute Gasteiger partial charge is 0.432 e. The summed E-state index contributed by atoms with van der Waals surface area (Å²) >= 11 is 12.3. The van der Waals surface area contributed by atoms with Gasteiger partial charge >= 0.3 is 6.16 Å². The van der Waals surface area contributed by atoms with E-state index in [1.165, 1.54) is 23.0 Å². The molecule has 1 aliphatic heterocycles. The van der Waals surface area contributed by atoms with Gasteiger partial charge in [0, 0.05) is 6.04 Å². The largest absolute Gasteiger partial charge is 0.510 e. The molecule has 1 saturated heterocycles. The molecule has 1 aromatic heterocycles. The van der Waals surface area contributed by atoms with Crippen molar-refractivity contribution in [2.75, 3.05) is 18.4 Å². The molecule has 13 heteroatoms. The maximum atomic E-state index is 12.9. The topological polar surface area (TPSA) is 124 Å². The third-order valence-electron chi connectivity index (χ3n) is 4.74. The van der Waals surface area contributed by atoms with E-state index in [1.807, 2.05) is 0 Å². The van der Waals surface area contributed by atoms with Crippen LogP contribution < -0.4 is 16.0 Å². The third kappa shape index (κ3) is 7.49. The summed E-state index contributed by atoms with van der Waals surface area (Å²) in [5.74, 6) is -1.08. The van der Waals surface area contributed by atoms with Crippen molar-refractivity contribution < 1.29 is 23.9 Å². The number of hydrogen-bond acceptors (Lipinski definition) is 7. The first-order valence-electron chi connectivity index (χ1n) is 10.4. The Bertz CT molecular complexity index is 1000. The summed E-state index contributed by atoms with van der Waals surface area (Å²) in [5.41, 5.74) is 0.143. The number of carbonyl (C=O) groups is 3. The summed E-state index contributed by atoms with van der Waals surface area (Å²) < 4.78 is 11.1. The predicted octanol–water partition coefficient (Wildman–Crippen LogP) is 3.86. The van der Waals surface area contributed by atoms with Crippen LogP contribution in [0.25, 0.3) is 0 Å². The molecule has 2 amide bonds. The highest BCUT2D eigenvalue weighted by atomic mass is 35.5. The monoisotopic (exact) mass is 533 g/mol. The van der Waals surface area contributed by atoms with Gasteiger partial charge in [0.05, 0.1) is 33.6 Å². The Morgan fingerprint density at radius 1 is 1.18 bits per heavy atom. The van der Waals surface area contributed by atoms with Crippen LogP contribution in [0, 0.1) is 0 Å². The molecule has 1 fully saturated rings. The summed E-state index contributed by atoms with van der Waals surface area (Å²) in [7, 11) is 0. The van der Waals surface area contributed by atoms with Crippen LogP contribution >= 0.6 is 35.6 Å². The molecule has 34 heavy (non-hydrogen) atoms. The van der Waals surface area contributed by atoms with Crippen molar-refractivity contribution in [2.45, 2.75) is 45.6 Å². The van der Waals surface area contributed by atoms with E-state index in [2.05, 4.69) is 21.0 Å². The van der Waals surface area contributed by atoms with Crippen molar-refractivity contribution in [1.29, 1.82) is 0 Å². The summed E-state index contributed by atoms with van der Waals surface area (Å²) in [6.07, 6.45) is 1.69. The molecule has 3 N–H and O–H groups in total. The molecule has 0 aliphatic carbocycles. The number of anilines is 1. The number of benzene rings is 1. The van der Waals surface area contributed by atoms with Crippen LogP contribution in [-0.4, -0.2) is 53.0 Å². The molecule has 1 aromatic carbocycles. The minimum absolute atomic E-state index is 0. The van der Waals surface area contributed by atoms with E-state index in [1.54, 1.807) is 19.9 Å². The molecule has 0 radical (unpaired) electrons. The fourth-order valence-corrected chi connectivity index (χ4v) is 3.78. The van der Waals surface area contributed by atoms with Crippen molar-refractivity contribution >= 4 is 59.3 Å². The Balaban J connectivity index is 0.00000408. The van der Waals surface area contributed by atoms with Crippen molar-refractivity contribution in [1.82, 2.24) is 20.4 Å². The average molecular weight is 535 g/mol. The fourth-order valence-electron chi connectivity index (χ4n) is 3.21. The molecule has 0 unspecified atom stereocenters. The second-order valence-corrected chi connectivity index (χ2v) is 8.48. The van der Waals surface area contributed by atoms with Gasteiger partial charge in [0.2, 0.25) is 0 Å². The molecule has 1 aliphatic rings. The molecule has 10 nitrogen and oxygen atoms in total. The number of aromatic nitrogens is 2. The van der Waals surface area contributed by atoms with Gasteiger partial charge in [0.25, 0.3) is 11.8 Å². The molecule has 186 valence electrons. The summed E-state index contributed by atoms with van der Waals surface area (Å²) in [6.45, 7) is 4.64. The lowest BCUT2D eigenvalue weighted by Crippen LogP contribution is -2.43. The van der Waals surface area contributed by atoms with Gasteiger partial charge in [-0.05, 0) is 51.9 Å². The van der Waals surface area contributed by atoms with E-state index in [0.717, 1.165) is 25.9 Å². The lowest BCUT2D eigenvalue weighted by Gasteiger charge is -2.23. The highest BCUT2D eigenvalue weighted by Gasteiger charge is 2.24. The number of amides is 2. The summed E-state index contributed by atoms with van der Waals surface area (Å²) in [4.78, 5) is 37.5. The minimum atomic E-state index is -0.880. The van der Waals surface area contributed by atoms with E-state index in [9.17, 15) is 14.4 Å². The Morgan fingerprint density at radius 2 is 1.82 bits per heavy atom. The maximum Gasteiger partial charge on any atom is 0.510 e. The molecule has 2 heterocycles. The molecule has 0 bridgehead atoms. The van der Waals surface area contributed by atoms with Gasteiger partial charge < -0.3 is 25.4 Å². The molecule has 2 aromatic rings. The highest BCUT2D eigenvalue weighted by Crippen LogP contribution is 2.26. The van der Waals surface area contributed by atoms with Crippen LogP contribution in [-0.2, 0) is 16.2 Å². The lowest BCUT2D eigenvalue weighted by atomic mass is 10.1. The fraction of sp³-hybridized carbons (Fsp3) is 0.429. The standard InChI is InChI=1S/C21H25Cl2N5O5.ClH/c1-12(2)33-21(31)32-11-28-10-16(26-19(29)17-14(22)4-3-5-15(17)23)18(27-28)20(30)25-13-6-8-24-9-7-13;/h3-5,10,12-13,24H,6-9,11H2,1-2H3,(H,25,30)(H,26,29);1H. The number of hydrogen-bond donors (Lipinski definition) is 3. The molecule has 0 atom stereocenters. The Labute approximate surface area is 213 Å². The summed E-state index contributed by atoms with van der Waals surface area (Å²) in [5, 5.41) is 13.3. The second kappa shape index (κ2) is 12.8. The number of nitrogens with zero attached hydrogens (tertiary/aromatic N) is 2. The zero-order valence-electron chi connectivity index (χ0n) is 18.6. The predicted molar refractivity (Wildman–Crippen MR) is 130 cm³/mol. The number of ether oxygens (including phenoxy) is 2. The van der Waals surface area contributed by atoms with Crippen molar-refractivity contribution in [3.05, 3.63) is 45.7 Å². The van der Waals surface area contributed by atoms with Gasteiger partial charge in [-0.3, -0.25) is 9.59 Å². The van der Waals surface area contributed by atoms with Crippen LogP contribution in [0.5, 0.6) is 0 Å². The van der Waals surface area contributed by atoms with Gasteiger partial charge in [0.1, 0.15) is 0 Å². The first kappa shape index (κ1) is 27.7. The molecular formula is C21H26Cl3N5O5. The first-order chi connectivity index (χ1) is 15.7. The van der Waals surface area contributed by atoms with E-state index in [4.69, 9.17) is 32.7 Å². The molecule has 3 rings (SSSR count). The number of carbonyl (C=O) groups excluding carboxylic acids is 3. The van der Waals surface area contributed by atoms with Crippen molar-refractivity contribution in [3.8, 4) is 0 Å². The quantitative estimate of drug-likeness (QED) is 0.461. The zero-order valence-corrected chi connectivity index (χ0v) is 20.9. The van der Waals surface area contributed by atoms with E-state index in [0.29, 0.717) is 0 Å².